The topological polar surface area (TPSA) is 73.1 Å². The molecule has 0 saturated carbocycles. The zero-order valence-electron chi connectivity index (χ0n) is 8.89. The average molecular weight is 218 g/mol. The van der Waals surface area contributed by atoms with Gasteiger partial charge in [0.15, 0.2) is 0 Å². The lowest BCUT2D eigenvalue weighted by molar-refractivity contribution is -0.121. The predicted octanol–water partition coefficient (Wildman–Crippen LogP) is 0.620. The molecule has 0 fully saturated rings. The minimum Gasteiger partial charge on any atom is -0.394 e. The summed E-state index contributed by atoms with van der Waals surface area (Å²) in [5.41, 5.74) is 1.04. The number of hydrogen-bond acceptors (Lipinski definition) is 3. The van der Waals surface area contributed by atoms with Crippen LogP contribution in [0, 0.1) is 11.3 Å². The highest BCUT2D eigenvalue weighted by atomic mass is 16.3. The number of carbonyl (C=O) groups is 1. The third-order valence-corrected chi connectivity index (χ3v) is 2.15. The van der Waals surface area contributed by atoms with Crippen molar-refractivity contribution >= 4 is 5.91 Å². The lowest BCUT2D eigenvalue weighted by atomic mass is 10.1. The second-order valence-corrected chi connectivity index (χ2v) is 3.47. The first-order valence-corrected chi connectivity index (χ1v) is 5.07. The second kappa shape index (κ2) is 6.59. The fraction of sp³-hybridized carbons (Fsp3) is 0.333. The van der Waals surface area contributed by atoms with Gasteiger partial charge in [-0.1, -0.05) is 30.3 Å². The number of nitrogens with zero attached hydrogens (tertiary/aromatic N) is 1. The monoisotopic (exact) mass is 218 g/mol. The molecular formula is C12H14N2O2. The number of hydrogen-bond donors (Lipinski definition) is 2. The van der Waals surface area contributed by atoms with Gasteiger partial charge < -0.3 is 10.4 Å². The van der Waals surface area contributed by atoms with Crippen LogP contribution in [0.2, 0.25) is 0 Å². The predicted molar refractivity (Wildman–Crippen MR) is 59.4 cm³/mol. The van der Waals surface area contributed by atoms with E-state index in [-0.39, 0.29) is 25.0 Å². The summed E-state index contributed by atoms with van der Waals surface area (Å²) in [5.74, 6) is -0.350. The molecule has 84 valence electrons. The van der Waals surface area contributed by atoms with E-state index in [2.05, 4.69) is 5.32 Å². The first-order chi connectivity index (χ1) is 7.76. The molecule has 1 aromatic carbocycles. The molecule has 1 atom stereocenters. The van der Waals surface area contributed by atoms with Crippen molar-refractivity contribution in [1.29, 1.82) is 5.26 Å². The van der Waals surface area contributed by atoms with Crippen LogP contribution in [0.3, 0.4) is 0 Å². The molecule has 1 amide bonds. The zero-order chi connectivity index (χ0) is 11.8. The lowest BCUT2D eigenvalue weighted by Crippen LogP contribution is -2.38. The molecule has 0 aliphatic rings. The molecule has 0 heterocycles. The Labute approximate surface area is 94.5 Å². The van der Waals surface area contributed by atoms with Gasteiger partial charge in [-0.3, -0.25) is 4.79 Å². The van der Waals surface area contributed by atoms with Crippen molar-refractivity contribution in [1.82, 2.24) is 5.32 Å². The van der Waals surface area contributed by atoms with Gasteiger partial charge in [0.1, 0.15) is 6.42 Å². The van der Waals surface area contributed by atoms with Gasteiger partial charge in [0, 0.05) is 0 Å². The summed E-state index contributed by atoms with van der Waals surface area (Å²) < 4.78 is 0. The van der Waals surface area contributed by atoms with Crippen molar-refractivity contribution < 1.29 is 9.90 Å². The molecule has 0 radical (unpaired) electrons. The van der Waals surface area contributed by atoms with Gasteiger partial charge in [-0.05, 0) is 12.0 Å². The molecule has 2 N–H and O–H groups in total. The van der Waals surface area contributed by atoms with E-state index < -0.39 is 0 Å². The molecule has 4 nitrogen and oxygen atoms in total. The van der Waals surface area contributed by atoms with E-state index in [1.54, 1.807) is 6.07 Å². The van der Waals surface area contributed by atoms with E-state index in [9.17, 15) is 4.79 Å². The van der Waals surface area contributed by atoms with Gasteiger partial charge >= 0.3 is 0 Å². The van der Waals surface area contributed by atoms with E-state index in [0.29, 0.717) is 6.42 Å². The summed E-state index contributed by atoms with van der Waals surface area (Å²) in [4.78, 5) is 11.2. The molecule has 0 bridgehead atoms. The van der Waals surface area contributed by atoms with Crippen LogP contribution in [-0.2, 0) is 11.2 Å². The Bertz CT molecular complexity index is 370. The molecule has 4 heteroatoms. The molecule has 1 rings (SSSR count). The van der Waals surface area contributed by atoms with Gasteiger partial charge in [-0.25, -0.2) is 0 Å². The van der Waals surface area contributed by atoms with Crippen LogP contribution in [0.25, 0.3) is 0 Å². The van der Waals surface area contributed by atoms with Crippen LogP contribution in [-0.4, -0.2) is 23.7 Å². The molecule has 0 aromatic heterocycles. The van der Waals surface area contributed by atoms with Crippen LogP contribution in [0.1, 0.15) is 12.0 Å². The largest absolute Gasteiger partial charge is 0.394 e. The number of aliphatic hydroxyl groups is 1. The fourth-order valence-electron chi connectivity index (χ4n) is 1.41. The highest BCUT2D eigenvalue weighted by Crippen LogP contribution is 2.02. The summed E-state index contributed by atoms with van der Waals surface area (Å²) in [6, 6.07) is 11.0. The first-order valence-electron chi connectivity index (χ1n) is 5.07. The molecule has 1 aromatic rings. The molecule has 0 spiro atoms. The number of nitriles is 1. The average Bonchev–Trinajstić information content (AvgIpc) is 2.30. The summed E-state index contributed by atoms with van der Waals surface area (Å²) in [7, 11) is 0. The smallest absolute Gasteiger partial charge is 0.234 e. The Morgan fingerprint density at radius 3 is 2.69 bits per heavy atom. The van der Waals surface area contributed by atoms with Crippen molar-refractivity contribution in [3.8, 4) is 6.07 Å². The first kappa shape index (κ1) is 12.2. The highest BCUT2D eigenvalue weighted by molar-refractivity contribution is 5.78. The van der Waals surface area contributed by atoms with E-state index >= 15 is 0 Å². The standard InChI is InChI=1S/C12H14N2O2/c13-7-6-12(16)14-11(9-15)8-10-4-2-1-3-5-10/h1-5,11,15H,6,8-9H2,(H,14,16)/t11-/m0/s1. The van der Waals surface area contributed by atoms with Crippen molar-refractivity contribution in [3.05, 3.63) is 35.9 Å². The highest BCUT2D eigenvalue weighted by Gasteiger charge is 2.11. The zero-order valence-corrected chi connectivity index (χ0v) is 8.89. The van der Waals surface area contributed by atoms with Crippen LogP contribution in [0.5, 0.6) is 0 Å². The number of carbonyl (C=O) groups excluding carboxylic acids is 1. The van der Waals surface area contributed by atoms with E-state index in [1.165, 1.54) is 0 Å². The third-order valence-electron chi connectivity index (χ3n) is 2.15. The van der Waals surface area contributed by atoms with Gasteiger partial charge in [-0.15, -0.1) is 0 Å². The number of nitrogens with one attached hydrogen (secondary N) is 1. The van der Waals surface area contributed by atoms with Gasteiger partial charge in [0.2, 0.25) is 5.91 Å². The Kier molecular flexibility index (Phi) is 5.03. The van der Waals surface area contributed by atoms with Crippen molar-refractivity contribution in [3.63, 3.8) is 0 Å². The van der Waals surface area contributed by atoms with Crippen molar-refractivity contribution in [2.24, 2.45) is 0 Å². The Morgan fingerprint density at radius 2 is 2.12 bits per heavy atom. The van der Waals surface area contributed by atoms with Gasteiger partial charge in [-0.2, -0.15) is 5.26 Å². The molecule has 0 aliphatic heterocycles. The Hall–Kier alpha value is -1.86. The minimum atomic E-state index is -0.350. The molecule has 16 heavy (non-hydrogen) atoms. The normalized spacial score (nSPS) is 11.5. The fourth-order valence-corrected chi connectivity index (χ4v) is 1.41. The van der Waals surface area contributed by atoms with Gasteiger partial charge in [0.25, 0.3) is 0 Å². The number of rotatable bonds is 5. The summed E-state index contributed by atoms with van der Waals surface area (Å²) in [6.07, 6.45) is 0.389. The molecule has 0 saturated heterocycles. The SMILES string of the molecule is N#CCC(=O)N[C@H](CO)Cc1ccccc1. The van der Waals surface area contributed by atoms with Crippen LogP contribution in [0.4, 0.5) is 0 Å². The van der Waals surface area contributed by atoms with Crippen molar-refractivity contribution in [2.75, 3.05) is 6.61 Å². The van der Waals surface area contributed by atoms with Crippen LogP contribution >= 0.6 is 0 Å². The Balaban J connectivity index is 2.50. The summed E-state index contributed by atoms with van der Waals surface area (Å²) in [5, 5.41) is 20.1. The number of aliphatic hydroxyl groups excluding tert-OH is 1. The maximum absolute atomic E-state index is 11.2. The molecule has 0 aliphatic carbocycles. The number of amides is 1. The quantitative estimate of drug-likeness (QED) is 0.761. The van der Waals surface area contributed by atoms with Gasteiger partial charge in [0.05, 0.1) is 18.7 Å². The maximum atomic E-state index is 11.2. The lowest BCUT2D eigenvalue weighted by Gasteiger charge is -2.15. The number of benzene rings is 1. The summed E-state index contributed by atoms with van der Waals surface area (Å²) in [6.45, 7) is -0.133. The summed E-state index contributed by atoms with van der Waals surface area (Å²) >= 11 is 0. The second-order valence-electron chi connectivity index (χ2n) is 3.47. The van der Waals surface area contributed by atoms with E-state index in [1.807, 2.05) is 30.3 Å². The third kappa shape index (κ3) is 4.11. The van der Waals surface area contributed by atoms with Crippen LogP contribution in [0.15, 0.2) is 30.3 Å². The minimum absolute atomic E-state index is 0.133. The van der Waals surface area contributed by atoms with E-state index in [0.717, 1.165) is 5.56 Å². The van der Waals surface area contributed by atoms with Crippen LogP contribution < -0.4 is 5.32 Å². The van der Waals surface area contributed by atoms with Crippen molar-refractivity contribution in [2.45, 2.75) is 18.9 Å². The molecular weight excluding hydrogens is 204 g/mol. The molecule has 0 unspecified atom stereocenters. The van der Waals surface area contributed by atoms with E-state index in [4.69, 9.17) is 10.4 Å². The Morgan fingerprint density at radius 1 is 1.44 bits per heavy atom. The maximum Gasteiger partial charge on any atom is 0.234 e.